The molecule has 0 aliphatic rings. The second kappa shape index (κ2) is 5.09. The van der Waals surface area contributed by atoms with Gasteiger partial charge in [-0.05, 0) is 18.2 Å². The number of para-hydroxylation sites is 1. The highest BCUT2D eigenvalue weighted by molar-refractivity contribution is 5.98. The number of benzene rings is 1. The molecule has 1 heterocycles. The summed E-state index contributed by atoms with van der Waals surface area (Å²) in [6, 6.07) is 7.26. The van der Waals surface area contributed by atoms with Crippen LogP contribution >= 0.6 is 0 Å². The quantitative estimate of drug-likeness (QED) is 0.371. The van der Waals surface area contributed by atoms with Gasteiger partial charge in [-0.15, -0.1) is 5.10 Å². The Hall–Kier alpha value is -2.70. The molecule has 3 N–H and O–H groups in total. The Kier molecular flexibility index (Phi) is 3.33. The van der Waals surface area contributed by atoms with Gasteiger partial charge in [-0.3, -0.25) is 0 Å². The number of nitrogens with two attached hydrogens (primary N) is 1. The van der Waals surface area contributed by atoms with E-state index in [1.165, 1.54) is 30.5 Å². The second-order valence-electron chi connectivity index (χ2n) is 3.27. The lowest BCUT2D eigenvalue weighted by Gasteiger charge is -2.08. The minimum Gasteiger partial charge on any atom is -0.434 e. The van der Waals surface area contributed by atoms with Crippen molar-refractivity contribution >= 4 is 5.84 Å². The maximum absolute atomic E-state index is 13.4. The normalized spacial score (nSPS) is 11.3. The van der Waals surface area contributed by atoms with Gasteiger partial charge in [0.1, 0.15) is 0 Å². The smallest absolute Gasteiger partial charge is 0.250 e. The molecule has 92 valence electrons. The lowest BCUT2D eigenvalue weighted by Crippen LogP contribution is -2.15. The third kappa shape index (κ3) is 2.34. The number of ether oxygens (including phenoxy) is 1. The fourth-order valence-electron chi connectivity index (χ4n) is 1.27. The summed E-state index contributed by atoms with van der Waals surface area (Å²) in [5.74, 6) is -0.812. The van der Waals surface area contributed by atoms with Crippen LogP contribution in [-0.2, 0) is 0 Å². The Bertz CT molecular complexity index is 589. The Morgan fingerprint density at radius 3 is 2.83 bits per heavy atom. The summed E-state index contributed by atoms with van der Waals surface area (Å²) in [4.78, 5) is 0. The third-order valence-electron chi connectivity index (χ3n) is 2.11. The number of rotatable bonds is 3. The van der Waals surface area contributed by atoms with Crippen molar-refractivity contribution in [1.29, 1.82) is 0 Å². The molecule has 0 unspecified atom stereocenters. The molecular formula is C11H9FN4O2. The van der Waals surface area contributed by atoms with Gasteiger partial charge in [0.2, 0.25) is 5.88 Å². The molecule has 0 saturated heterocycles. The van der Waals surface area contributed by atoms with Gasteiger partial charge in [-0.1, -0.05) is 17.3 Å². The molecule has 7 heteroatoms. The van der Waals surface area contributed by atoms with Crippen LogP contribution in [0, 0.1) is 5.82 Å². The molecule has 2 rings (SSSR count). The summed E-state index contributed by atoms with van der Waals surface area (Å²) in [6.07, 6.45) is 1.35. The van der Waals surface area contributed by atoms with Crippen molar-refractivity contribution in [3.63, 3.8) is 0 Å². The van der Waals surface area contributed by atoms with Crippen molar-refractivity contribution in [2.24, 2.45) is 10.9 Å². The molecule has 6 nitrogen and oxygen atoms in total. The lowest BCUT2D eigenvalue weighted by atomic mass is 10.2. The van der Waals surface area contributed by atoms with Crippen LogP contribution in [-0.4, -0.2) is 21.2 Å². The number of amidine groups is 1. The molecule has 0 amide bonds. The highest BCUT2D eigenvalue weighted by atomic mass is 19.1. The molecule has 0 radical (unpaired) electrons. The summed E-state index contributed by atoms with van der Waals surface area (Å²) >= 11 is 0. The van der Waals surface area contributed by atoms with Gasteiger partial charge in [0.25, 0.3) is 0 Å². The van der Waals surface area contributed by atoms with Crippen molar-refractivity contribution in [2.45, 2.75) is 0 Å². The van der Waals surface area contributed by atoms with Crippen LogP contribution in [0.3, 0.4) is 0 Å². The molecule has 2 aromatic rings. The van der Waals surface area contributed by atoms with Crippen molar-refractivity contribution in [2.75, 3.05) is 0 Å². The largest absolute Gasteiger partial charge is 0.434 e. The van der Waals surface area contributed by atoms with E-state index in [1.54, 1.807) is 6.07 Å². The van der Waals surface area contributed by atoms with Gasteiger partial charge in [-0.25, -0.2) is 4.39 Å². The predicted octanol–water partition coefficient (Wildman–Crippen LogP) is 1.50. The average molecular weight is 248 g/mol. The molecule has 0 bridgehead atoms. The summed E-state index contributed by atoms with van der Waals surface area (Å²) in [5.41, 5.74) is 5.66. The Morgan fingerprint density at radius 1 is 1.33 bits per heavy atom. The zero-order valence-electron chi connectivity index (χ0n) is 9.12. The first-order chi connectivity index (χ1) is 8.72. The van der Waals surface area contributed by atoms with Gasteiger partial charge in [0.05, 0.1) is 11.8 Å². The molecule has 18 heavy (non-hydrogen) atoms. The molecule has 0 atom stereocenters. The topological polar surface area (TPSA) is 93.6 Å². The molecular weight excluding hydrogens is 239 g/mol. The number of nitrogens with zero attached hydrogens (tertiary/aromatic N) is 3. The second-order valence-corrected chi connectivity index (χ2v) is 3.27. The van der Waals surface area contributed by atoms with Crippen LogP contribution in [0.4, 0.5) is 4.39 Å². The lowest BCUT2D eigenvalue weighted by molar-refractivity contribution is 0.318. The third-order valence-corrected chi connectivity index (χ3v) is 2.11. The van der Waals surface area contributed by atoms with Gasteiger partial charge in [-0.2, -0.15) is 5.10 Å². The molecule has 0 aliphatic carbocycles. The Labute approximate surface area is 102 Å². The number of aromatic nitrogens is 2. The zero-order valence-corrected chi connectivity index (χ0v) is 9.12. The minimum atomic E-state index is -0.548. The van der Waals surface area contributed by atoms with E-state index in [9.17, 15) is 4.39 Å². The fourth-order valence-corrected chi connectivity index (χ4v) is 1.27. The molecule has 0 fully saturated rings. The molecule has 1 aromatic heterocycles. The van der Waals surface area contributed by atoms with Crippen molar-refractivity contribution in [3.05, 3.63) is 47.9 Å². The maximum Gasteiger partial charge on any atom is 0.250 e. The van der Waals surface area contributed by atoms with E-state index in [0.717, 1.165) is 0 Å². The van der Waals surface area contributed by atoms with E-state index < -0.39 is 5.82 Å². The Balaban J connectivity index is 2.38. The monoisotopic (exact) mass is 248 g/mol. The van der Waals surface area contributed by atoms with E-state index in [0.29, 0.717) is 0 Å². The number of oxime groups is 1. The molecule has 0 spiro atoms. The summed E-state index contributed by atoms with van der Waals surface area (Å²) in [5, 5.41) is 18.7. The van der Waals surface area contributed by atoms with E-state index >= 15 is 0 Å². The fraction of sp³-hybridized carbons (Fsp3) is 0. The van der Waals surface area contributed by atoms with Crippen LogP contribution in [0.15, 0.2) is 41.7 Å². The van der Waals surface area contributed by atoms with Gasteiger partial charge >= 0.3 is 0 Å². The van der Waals surface area contributed by atoms with Crippen molar-refractivity contribution in [1.82, 2.24) is 10.2 Å². The van der Waals surface area contributed by atoms with Crippen molar-refractivity contribution in [3.8, 4) is 11.6 Å². The van der Waals surface area contributed by atoms with E-state index in [1.807, 2.05) is 0 Å². The van der Waals surface area contributed by atoms with E-state index in [4.69, 9.17) is 15.7 Å². The highest BCUT2D eigenvalue weighted by Gasteiger charge is 2.12. The first-order valence-corrected chi connectivity index (χ1v) is 4.94. The SMILES string of the molecule is N/C(=N/O)c1ccnnc1Oc1ccccc1F. The predicted molar refractivity (Wildman–Crippen MR) is 61.0 cm³/mol. The number of hydrogen-bond acceptors (Lipinski definition) is 5. The average Bonchev–Trinajstić information content (AvgIpc) is 2.41. The maximum atomic E-state index is 13.4. The van der Waals surface area contributed by atoms with Crippen LogP contribution in [0.2, 0.25) is 0 Å². The van der Waals surface area contributed by atoms with Gasteiger partial charge in [0, 0.05) is 0 Å². The summed E-state index contributed by atoms with van der Waals surface area (Å²) < 4.78 is 18.6. The number of halogens is 1. The standard InChI is InChI=1S/C11H9FN4O2/c12-8-3-1-2-4-9(8)18-11-7(10(13)16-17)5-6-14-15-11/h1-6,17H,(H2,13,16). The first kappa shape index (κ1) is 11.8. The van der Waals surface area contributed by atoms with Gasteiger partial charge in [0.15, 0.2) is 17.4 Å². The van der Waals surface area contributed by atoms with Crippen molar-refractivity contribution < 1.29 is 14.3 Å². The van der Waals surface area contributed by atoms with Crippen LogP contribution in [0.25, 0.3) is 0 Å². The molecule has 1 aromatic carbocycles. The summed E-state index contributed by atoms with van der Waals surface area (Å²) in [6.45, 7) is 0. The van der Waals surface area contributed by atoms with E-state index in [2.05, 4.69) is 15.4 Å². The van der Waals surface area contributed by atoms with Crippen LogP contribution < -0.4 is 10.5 Å². The minimum absolute atomic E-state index is 0.0232. The summed E-state index contributed by atoms with van der Waals surface area (Å²) in [7, 11) is 0. The zero-order chi connectivity index (χ0) is 13.0. The molecule has 0 saturated carbocycles. The molecule has 0 aliphatic heterocycles. The van der Waals surface area contributed by atoms with Crippen LogP contribution in [0.1, 0.15) is 5.56 Å². The number of hydrogen-bond donors (Lipinski definition) is 2. The van der Waals surface area contributed by atoms with Gasteiger partial charge < -0.3 is 15.7 Å². The van der Waals surface area contributed by atoms with Crippen LogP contribution in [0.5, 0.6) is 11.6 Å². The first-order valence-electron chi connectivity index (χ1n) is 4.94. The Morgan fingerprint density at radius 2 is 2.11 bits per heavy atom. The highest BCUT2D eigenvalue weighted by Crippen LogP contribution is 2.24. The van der Waals surface area contributed by atoms with E-state index in [-0.39, 0.29) is 23.0 Å².